The third-order valence-corrected chi connectivity index (χ3v) is 5.17. The first kappa shape index (κ1) is 22.2. The topological polar surface area (TPSA) is 74.1 Å². The molecule has 0 unspecified atom stereocenters. The van der Waals surface area contributed by atoms with Crippen LogP contribution in [-0.4, -0.2) is 40.1 Å². The van der Waals surface area contributed by atoms with Gasteiger partial charge in [-0.3, -0.25) is 14.6 Å². The molecule has 0 N–H and O–H groups in total. The smallest absolute Gasteiger partial charge is 0.268 e. The first-order valence-corrected chi connectivity index (χ1v) is 9.67. The molecule has 0 aliphatic carbocycles. The minimum atomic E-state index is -3.10. The largest absolute Gasteiger partial charge is 0.320 e. The molecule has 2 heterocycles. The number of allylic oxidation sites excluding steroid dienone is 1. The molecule has 2 aromatic rings. The number of nitrogens with zero attached hydrogens (tertiary/aromatic N) is 3. The number of carbonyl (C=O) groups is 2. The van der Waals surface area contributed by atoms with Crippen LogP contribution in [0, 0.1) is 17.1 Å². The average Bonchev–Trinajstić information content (AvgIpc) is 3.07. The van der Waals surface area contributed by atoms with Crippen molar-refractivity contribution in [1.29, 1.82) is 5.26 Å². The lowest BCUT2D eigenvalue weighted by molar-refractivity contribution is -0.132. The van der Waals surface area contributed by atoms with Gasteiger partial charge >= 0.3 is 0 Å². The Morgan fingerprint density at radius 3 is 2.61 bits per heavy atom. The Balaban J connectivity index is 1.66. The van der Waals surface area contributed by atoms with Crippen LogP contribution in [0.3, 0.4) is 0 Å². The average molecular weight is 427 g/mol. The molecule has 31 heavy (non-hydrogen) atoms. The second-order valence-corrected chi connectivity index (χ2v) is 7.47. The molecule has 1 aliphatic rings. The second-order valence-electron chi connectivity index (χ2n) is 7.47. The van der Waals surface area contributed by atoms with E-state index in [0.717, 1.165) is 10.5 Å². The number of carbonyl (C=O) groups excluding carboxylic acids is 2. The van der Waals surface area contributed by atoms with E-state index in [2.05, 4.69) is 11.6 Å². The van der Waals surface area contributed by atoms with Crippen LogP contribution >= 0.6 is 0 Å². The van der Waals surface area contributed by atoms with E-state index in [1.54, 1.807) is 18.2 Å². The third-order valence-electron chi connectivity index (χ3n) is 5.17. The molecule has 1 aromatic carbocycles. The number of rotatable bonds is 7. The Kier molecular flexibility index (Phi) is 6.54. The molecule has 8 heteroatoms. The number of Topliss-reactive ketones (excluding diaryl/α,β-unsaturated/α-hetero) is 1. The SMILES string of the molecule is C=C(Cc1cnccc1C(=O)CCC(=O)N1CC(F)(F)C[C@H]1C#N)c1ccc(F)cc1. The van der Waals surface area contributed by atoms with Crippen LogP contribution in [-0.2, 0) is 11.2 Å². The van der Waals surface area contributed by atoms with Gasteiger partial charge in [-0.2, -0.15) is 5.26 Å². The molecule has 1 atom stereocenters. The predicted molar refractivity (Wildman–Crippen MR) is 108 cm³/mol. The van der Waals surface area contributed by atoms with Crippen LogP contribution in [0.1, 0.15) is 40.7 Å². The molecule has 1 saturated heterocycles. The van der Waals surface area contributed by atoms with Gasteiger partial charge in [0.2, 0.25) is 5.91 Å². The number of alkyl halides is 2. The van der Waals surface area contributed by atoms with Crippen LogP contribution < -0.4 is 0 Å². The van der Waals surface area contributed by atoms with Gasteiger partial charge in [-0.1, -0.05) is 18.7 Å². The molecular weight excluding hydrogens is 407 g/mol. The van der Waals surface area contributed by atoms with Crippen LogP contribution in [0.4, 0.5) is 13.2 Å². The van der Waals surface area contributed by atoms with Crippen molar-refractivity contribution in [1.82, 2.24) is 9.88 Å². The minimum Gasteiger partial charge on any atom is -0.320 e. The summed E-state index contributed by atoms with van der Waals surface area (Å²) < 4.78 is 40.2. The van der Waals surface area contributed by atoms with Crippen molar-refractivity contribution in [3.05, 3.63) is 71.8 Å². The summed E-state index contributed by atoms with van der Waals surface area (Å²) in [6.45, 7) is 3.17. The van der Waals surface area contributed by atoms with Crippen molar-refractivity contribution in [2.75, 3.05) is 6.54 Å². The van der Waals surface area contributed by atoms with E-state index in [1.165, 1.54) is 30.6 Å². The zero-order chi connectivity index (χ0) is 22.6. The molecule has 160 valence electrons. The maximum Gasteiger partial charge on any atom is 0.268 e. The van der Waals surface area contributed by atoms with Gasteiger partial charge in [-0.05, 0) is 41.3 Å². The molecule has 1 aromatic heterocycles. The van der Waals surface area contributed by atoms with Gasteiger partial charge in [0.15, 0.2) is 5.78 Å². The number of hydrogen-bond donors (Lipinski definition) is 0. The van der Waals surface area contributed by atoms with E-state index in [1.807, 2.05) is 0 Å². The summed E-state index contributed by atoms with van der Waals surface area (Å²) in [5.41, 5.74) is 2.33. The first-order chi connectivity index (χ1) is 14.7. The molecule has 0 saturated carbocycles. The van der Waals surface area contributed by atoms with E-state index >= 15 is 0 Å². The number of hydrogen-bond acceptors (Lipinski definition) is 4. The first-order valence-electron chi connectivity index (χ1n) is 9.67. The van der Waals surface area contributed by atoms with E-state index in [0.29, 0.717) is 23.1 Å². The van der Waals surface area contributed by atoms with E-state index < -0.39 is 30.8 Å². The Morgan fingerprint density at radius 1 is 1.23 bits per heavy atom. The molecule has 0 bridgehead atoms. The zero-order valence-corrected chi connectivity index (χ0v) is 16.7. The fraction of sp³-hybridized carbons (Fsp3) is 0.304. The standard InChI is InChI=1S/C23H20F3N3O2/c1-15(16-2-4-18(24)5-3-16)10-17-13-28-9-8-20(17)21(30)6-7-22(31)29-14-23(25,26)11-19(29)12-27/h2-5,8-9,13,19H,1,6-7,10-11,14H2/t19-/m0/s1. The van der Waals surface area contributed by atoms with Gasteiger partial charge in [-0.25, -0.2) is 13.2 Å². The van der Waals surface area contributed by atoms with Gasteiger partial charge in [0.25, 0.3) is 5.92 Å². The van der Waals surface area contributed by atoms with Gasteiger partial charge in [0.05, 0.1) is 12.6 Å². The number of nitriles is 1. The summed E-state index contributed by atoms with van der Waals surface area (Å²) in [6, 6.07) is 7.87. The normalized spacial score (nSPS) is 17.2. The third kappa shape index (κ3) is 5.37. The van der Waals surface area contributed by atoms with Crippen molar-refractivity contribution >= 4 is 17.3 Å². The molecular formula is C23H20F3N3O2. The summed E-state index contributed by atoms with van der Waals surface area (Å²) in [7, 11) is 0. The number of aromatic nitrogens is 1. The summed E-state index contributed by atoms with van der Waals surface area (Å²) >= 11 is 0. The summed E-state index contributed by atoms with van der Waals surface area (Å²) in [6.07, 6.45) is 2.13. The molecule has 3 rings (SSSR count). The molecule has 5 nitrogen and oxygen atoms in total. The van der Waals surface area contributed by atoms with Crippen molar-refractivity contribution in [2.45, 2.75) is 37.6 Å². The van der Waals surface area contributed by atoms with E-state index in [4.69, 9.17) is 5.26 Å². The van der Waals surface area contributed by atoms with Crippen LogP contribution in [0.2, 0.25) is 0 Å². The molecule has 1 fully saturated rings. The fourth-order valence-electron chi connectivity index (χ4n) is 3.55. The highest BCUT2D eigenvalue weighted by Crippen LogP contribution is 2.32. The summed E-state index contributed by atoms with van der Waals surface area (Å²) in [5.74, 6) is -4.45. The fourth-order valence-corrected chi connectivity index (χ4v) is 3.55. The van der Waals surface area contributed by atoms with Gasteiger partial charge < -0.3 is 4.90 Å². The highest BCUT2D eigenvalue weighted by molar-refractivity contribution is 5.99. The monoisotopic (exact) mass is 427 g/mol. The van der Waals surface area contributed by atoms with Crippen molar-refractivity contribution in [2.24, 2.45) is 0 Å². The molecule has 0 spiro atoms. The minimum absolute atomic E-state index is 0.181. The number of amides is 1. The van der Waals surface area contributed by atoms with E-state index in [9.17, 15) is 22.8 Å². The van der Waals surface area contributed by atoms with Crippen molar-refractivity contribution in [3.63, 3.8) is 0 Å². The Labute approximate surface area is 177 Å². The van der Waals surface area contributed by atoms with Gasteiger partial charge in [0.1, 0.15) is 11.9 Å². The lowest BCUT2D eigenvalue weighted by atomic mass is 9.95. The molecule has 1 amide bonds. The van der Waals surface area contributed by atoms with Gasteiger partial charge in [0, 0.05) is 37.2 Å². The van der Waals surface area contributed by atoms with Crippen molar-refractivity contribution in [3.8, 4) is 6.07 Å². The number of ketones is 1. The van der Waals surface area contributed by atoms with Crippen molar-refractivity contribution < 1.29 is 22.8 Å². The van der Waals surface area contributed by atoms with Gasteiger partial charge in [-0.15, -0.1) is 0 Å². The second kappa shape index (κ2) is 9.13. The molecule has 1 aliphatic heterocycles. The lowest BCUT2D eigenvalue weighted by Crippen LogP contribution is -2.36. The Morgan fingerprint density at radius 2 is 1.94 bits per heavy atom. The Bertz CT molecular complexity index is 1040. The maximum absolute atomic E-state index is 13.5. The van der Waals surface area contributed by atoms with Crippen LogP contribution in [0.15, 0.2) is 49.3 Å². The molecule has 0 radical (unpaired) electrons. The van der Waals surface area contributed by atoms with Crippen LogP contribution in [0.5, 0.6) is 0 Å². The number of likely N-dealkylation sites (tertiary alicyclic amines) is 1. The van der Waals surface area contributed by atoms with Crippen LogP contribution in [0.25, 0.3) is 5.57 Å². The Hall–Kier alpha value is -3.47. The highest BCUT2D eigenvalue weighted by Gasteiger charge is 2.47. The highest BCUT2D eigenvalue weighted by atomic mass is 19.3. The number of pyridine rings is 1. The lowest BCUT2D eigenvalue weighted by Gasteiger charge is -2.19. The quantitative estimate of drug-likeness (QED) is 0.621. The van der Waals surface area contributed by atoms with E-state index in [-0.39, 0.29) is 24.4 Å². The zero-order valence-electron chi connectivity index (χ0n) is 16.7. The summed E-state index contributed by atoms with van der Waals surface area (Å²) in [4.78, 5) is 30.0. The predicted octanol–water partition coefficient (Wildman–Crippen LogP) is 4.20. The maximum atomic E-state index is 13.5. The number of benzene rings is 1. The number of halogens is 3. The summed E-state index contributed by atoms with van der Waals surface area (Å²) in [5, 5.41) is 9.02.